The van der Waals surface area contributed by atoms with Crippen molar-refractivity contribution >= 4 is 5.69 Å². The van der Waals surface area contributed by atoms with Gasteiger partial charge in [0.25, 0.3) is 0 Å². The van der Waals surface area contributed by atoms with Crippen molar-refractivity contribution in [1.82, 2.24) is 4.90 Å². The second-order valence-corrected chi connectivity index (χ2v) is 4.63. The second-order valence-electron chi connectivity index (χ2n) is 4.63. The Labute approximate surface area is 111 Å². The highest BCUT2D eigenvalue weighted by molar-refractivity contribution is 5.46. The molecule has 0 radical (unpaired) electrons. The van der Waals surface area contributed by atoms with Crippen LogP contribution in [0.4, 0.5) is 18.9 Å². The number of alkyl halides is 3. The van der Waals surface area contributed by atoms with Gasteiger partial charge in [0, 0.05) is 25.4 Å². The molecule has 0 fully saturated rings. The predicted molar refractivity (Wildman–Crippen MR) is 68.7 cm³/mol. The van der Waals surface area contributed by atoms with Crippen LogP contribution in [0, 0.1) is 0 Å². The summed E-state index contributed by atoms with van der Waals surface area (Å²) in [5, 5.41) is 0. The summed E-state index contributed by atoms with van der Waals surface area (Å²) >= 11 is 0. The summed E-state index contributed by atoms with van der Waals surface area (Å²) in [6.07, 6.45) is -4.39. The topological polar surface area (TPSA) is 38.5 Å². The number of rotatable bonds is 5. The molecule has 108 valence electrons. The highest BCUT2D eigenvalue weighted by atomic mass is 19.4. The molecule has 1 atom stereocenters. The summed E-state index contributed by atoms with van der Waals surface area (Å²) in [7, 11) is 3.33. The average molecular weight is 276 g/mol. The third-order valence-corrected chi connectivity index (χ3v) is 3.02. The molecule has 6 heteroatoms. The molecule has 2 N–H and O–H groups in total. The first-order chi connectivity index (χ1) is 8.75. The Morgan fingerprint density at radius 2 is 2.00 bits per heavy atom. The highest BCUT2D eigenvalue weighted by Crippen LogP contribution is 2.33. The molecule has 0 aliphatic carbocycles. The molecule has 1 aromatic rings. The Morgan fingerprint density at radius 3 is 2.53 bits per heavy atom. The number of nitrogens with two attached hydrogens (primary N) is 1. The number of hydrogen-bond acceptors (Lipinski definition) is 3. The normalized spacial score (nSPS) is 13.8. The monoisotopic (exact) mass is 276 g/mol. The van der Waals surface area contributed by atoms with Crippen molar-refractivity contribution in [3.8, 4) is 0 Å². The molecular formula is C13H19F3N2O. The number of ether oxygens (including phenoxy) is 1. The number of hydrogen-bond donors (Lipinski definition) is 1. The summed E-state index contributed by atoms with van der Waals surface area (Å²) in [4.78, 5) is 1.81. The SMILES string of the molecule is COCC(C)N(C)Cc1ccc(N)cc1C(F)(F)F. The second kappa shape index (κ2) is 6.25. The fraction of sp³-hybridized carbons (Fsp3) is 0.538. The fourth-order valence-electron chi connectivity index (χ4n) is 1.79. The van der Waals surface area contributed by atoms with E-state index in [0.29, 0.717) is 6.61 Å². The first-order valence-corrected chi connectivity index (χ1v) is 5.90. The number of methoxy groups -OCH3 is 1. The Balaban J connectivity index is 2.95. The molecule has 0 bridgehead atoms. The van der Waals surface area contributed by atoms with E-state index in [2.05, 4.69) is 0 Å². The van der Waals surface area contributed by atoms with E-state index < -0.39 is 11.7 Å². The summed E-state index contributed by atoms with van der Waals surface area (Å²) < 4.78 is 43.8. The molecule has 1 aromatic carbocycles. The van der Waals surface area contributed by atoms with Gasteiger partial charge in [-0.1, -0.05) is 6.07 Å². The molecule has 1 rings (SSSR count). The van der Waals surface area contributed by atoms with E-state index in [0.717, 1.165) is 6.07 Å². The van der Waals surface area contributed by atoms with Crippen molar-refractivity contribution in [1.29, 1.82) is 0 Å². The smallest absolute Gasteiger partial charge is 0.399 e. The molecule has 1 unspecified atom stereocenters. The van der Waals surface area contributed by atoms with Crippen molar-refractivity contribution in [2.75, 3.05) is 26.5 Å². The summed E-state index contributed by atoms with van der Waals surface area (Å²) in [6.45, 7) is 2.56. The molecule has 0 aromatic heterocycles. The van der Waals surface area contributed by atoms with Crippen LogP contribution < -0.4 is 5.73 Å². The maximum atomic E-state index is 12.9. The van der Waals surface area contributed by atoms with E-state index in [-0.39, 0.29) is 23.8 Å². The van der Waals surface area contributed by atoms with Gasteiger partial charge in [0.2, 0.25) is 0 Å². The van der Waals surface area contributed by atoms with Gasteiger partial charge in [-0.15, -0.1) is 0 Å². The average Bonchev–Trinajstić information content (AvgIpc) is 2.30. The summed E-state index contributed by atoms with van der Waals surface area (Å²) in [5.74, 6) is 0. The van der Waals surface area contributed by atoms with Crippen molar-refractivity contribution in [2.24, 2.45) is 0 Å². The lowest BCUT2D eigenvalue weighted by Crippen LogP contribution is -2.32. The Kier molecular flexibility index (Phi) is 5.20. The first-order valence-electron chi connectivity index (χ1n) is 5.90. The van der Waals surface area contributed by atoms with Gasteiger partial charge in [0.15, 0.2) is 0 Å². The van der Waals surface area contributed by atoms with Gasteiger partial charge < -0.3 is 10.5 Å². The zero-order valence-corrected chi connectivity index (χ0v) is 11.3. The fourth-order valence-corrected chi connectivity index (χ4v) is 1.79. The number of anilines is 1. The lowest BCUT2D eigenvalue weighted by molar-refractivity contribution is -0.138. The van der Waals surface area contributed by atoms with Crippen molar-refractivity contribution < 1.29 is 17.9 Å². The van der Waals surface area contributed by atoms with Crippen molar-refractivity contribution in [2.45, 2.75) is 25.7 Å². The Bertz CT molecular complexity index is 421. The minimum atomic E-state index is -4.39. The van der Waals surface area contributed by atoms with Crippen LogP contribution in [0.25, 0.3) is 0 Å². The Hall–Kier alpha value is -1.27. The van der Waals surface area contributed by atoms with Gasteiger partial charge >= 0.3 is 6.18 Å². The van der Waals surface area contributed by atoms with E-state index in [9.17, 15) is 13.2 Å². The third-order valence-electron chi connectivity index (χ3n) is 3.02. The minimum absolute atomic E-state index is 0.0311. The largest absolute Gasteiger partial charge is 0.416 e. The van der Waals surface area contributed by atoms with Crippen molar-refractivity contribution in [3.63, 3.8) is 0 Å². The molecule has 0 spiro atoms. The first kappa shape index (κ1) is 15.8. The number of benzene rings is 1. The third kappa shape index (κ3) is 4.40. The predicted octanol–water partition coefficient (Wildman–Crippen LogP) is 2.75. The van der Waals surface area contributed by atoms with E-state index >= 15 is 0 Å². The number of nitrogens with zero attached hydrogens (tertiary/aromatic N) is 1. The van der Waals surface area contributed by atoms with Gasteiger partial charge in [-0.3, -0.25) is 4.90 Å². The lowest BCUT2D eigenvalue weighted by Gasteiger charge is -2.25. The Morgan fingerprint density at radius 1 is 1.37 bits per heavy atom. The van der Waals surface area contributed by atoms with E-state index in [1.807, 2.05) is 11.8 Å². The van der Waals surface area contributed by atoms with E-state index in [4.69, 9.17) is 10.5 Å². The van der Waals surface area contributed by atoms with Gasteiger partial charge in [0.05, 0.1) is 12.2 Å². The maximum Gasteiger partial charge on any atom is 0.416 e. The van der Waals surface area contributed by atoms with Gasteiger partial charge in [-0.25, -0.2) is 0 Å². The zero-order valence-electron chi connectivity index (χ0n) is 11.3. The standard InChI is InChI=1S/C13H19F3N2O/c1-9(8-19-3)18(2)7-10-4-5-11(17)6-12(10)13(14,15)16/h4-6,9H,7-8,17H2,1-3H3. The van der Waals surface area contributed by atoms with Crippen molar-refractivity contribution in [3.05, 3.63) is 29.3 Å². The van der Waals surface area contributed by atoms with E-state index in [1.54, 1.807) is 14.2 Å². The maximum absolute atomic E-state index is 12.9. The molecule has 0 heterocycles. The van der Waals surface area contributed by atoms with Crippen LogP contribution in [0.15, 0.2) is 18.2 Å². The molecule has 0 amide bonds. The highest BCUT2D eigenvalue weighted by Gasteiger charge is 2.33. The van der Waals surface area contributed by atoms with Gasteiger partial charge in [-0.2, -0.15) is 13.2 Å². The van der Waals surface area contributed by atoms with Crippen LogP contribution in [-0.2, 0) is 17.5 Å². The molecule has 0 aliphatic heterocycles. The molecule has 0 aliphatic rings. The lowest BCUT2D eigenvalue weighted by atomic mass is 10.1. The summed E-state index contributed by atoms with van der Waals surface area (Å²) in [6, 6.07) is 3.92. The molecular weight excluding hydrogens is 257 g/mol. The number of nitrogen functional groups attached to an aromatic ring is 1. The quantitative estimate of drug-likeness (QED) is 0.840. The van der Waals surface area contributed by atoms with Crippen LogP contribution in [0.2, 0.25) is 0 Å². The van der Waals surface area contributed by atoms with Gasteiger partial charge in [0.1, 0.15) is 0 Å². The molecule has 3 nitrogen and oxygen atoms in total. The van der Waals surface area contributed by atoms with Crippen LogP contribution >= 0.6 is 0 Å². The minimum Gasteiger partial charge on any atom is -0.399 e. The number of halogens is 3. The van der Waals surface area contributed by atoms with Crippen LogP contribution in [0.3, 0.4) is 0 Å². The molecule has 0 saturated heterocycles. The molecule has 0 saturated carbocycles. The number of likely N-dealkylation sites (N-methyl/N-ethyl adjacent to an activating group) is 1. The zero-order chi connectivity index (χ0) is 14.6. The molecule has 19 heavy (non-hydrogen) atoms. The van der Waals surface area contributed by atoms with Crippen LogP contribution in [0.1, 0.15) is 18.1 Å². The van der Waals surface area contributed by atoms with Crippen LogP contribution in [0.5, 0.6) is 0 Å². The summed E-state index contributed by atoms with van der Waals surface area (Å²) in [5.41, 5.74) is 5.08. The van der Waals surface area contributed by atoms with Crippen LogP contribution in [-0.4, -0.2) is 31.7 Å². The van der Waals surface area contributed by atoms with Gasteiger partial charge in [-0.05, 0) is 31.7 Å². The van der Waals surface area contributed by atoms with E-state index in [1.165, 1.54) is 12.1 Å².